The fourth-order valence-electron chi connectivity index (χ4n) is 1.82. The normalized spacial score (nSPS) is 13.5. The van der Waals surface area contributed by atoms with Crippen LogP contribution in [0.25, 0.3) is 0 Å². The van der Waals surface area contributed by atoms with Gasteiger partial charge in [-0.2, -0.15) is 0 Å². The van der Waals surface area contributed by atoms with Crippen LogP contribution in [-0.4, -0.2) is 22.0 Å². The number of thiazole rings is 1. The van der Waals surface area contributed by atoms with Crippen LogP contribution in [0.4, 0.5) is 0 Å². The molecule has 2 N–H and O–H groups in total. The van der Waals surface area contributed by atoms with Gasteiger partial charge in [0.2, 0.25) is 0 Å². The second kappa shape index (κ2) is 5.42. The van der Waals surface area contributed by atoms with Crippen molar-refractivity contribution in [1.82, 2.24) is 10.3 Å². The smallest absolute Gasteiger partial charge is 0.333 e. The number of hydrogen-bond donors (Lipinski definition) is 2. The number of carboxylic acids is 1. The SMILES string of the molecule is Cc1ncsc1C(=O)NC(C)(C(=O)O)c1ccccc1. The van der Waals surface area contributed by atoms with Crippen molar-refractivity contribution >= 4 is 23.2 Å². The van der Waals surface area contributed by atoms with E-state index in [1.165, 1.54) is 18.3 Å². The first-order valence-electron chi connectivity index (χ1n) is 5.96. The predicted octanol–water partition coefficient (Wildman–Crippen LogP) is 2.18. The van der Waals surface area contributed by atoms with Crippen molar-refractivity contribution in [3.8, 4) is 0 Å². The Hall–Kier alpha value is -2.21. The first kappa shape index (κ1) is 14.2. The molecule has 20 heavy (non-hydrogen) atoms. The largest absolute Gasteiger partial charge is 0.479 e. The molecule has 104 valence electrons. The number of aromatic nitrogens is 1. The van der Waals surface area contributed by atoms with Gasteiger partial charge in [-0.1, -0.05) is 30.3 Å². The minimum atomic E-state index is -1.48. The van der Waals surface area contributed by atoms with Gasteiger partial charge in [0.15, 0.2) is 5.54 Å². The number of aliphatic carboxylic acids is 1. The molecule has 0 saturated carbocycles. The summed E-state index contributed by atoms with van der Waals surface area (Å²) in [5.74, 6) is -1.54. The predicted molar refractivity (Wildman–Crippen MR) is 75.7 cm³/mol. The van der Waals surface area contributed by atoms with E-state index in [-0.39, 0.29) is 0 Å². The average Bonchev–Trinajstić information content (AvgIpc) is 2.85. The number of benzene rings is 1. The molecule has 2 aromatic rings. The van der Waals surface area contributed by atoms with Crippen LogP contribution in [-0.2, 0) is 10.3 Å². The van der Waals surface area contributed by atoms with Crippen LogP contribution in [0, 0.1) is 6.92 Å². The molecule has 1 aromatic carbocycles. The molecule has 1 unspecified atom stereocenters. The summed E-state index contributed by atoms with van der Waals surface area (Å²) in [6.45, 7) is 3.19. The van der Waals surface area contributed by atoms with Gasteiger partial charge >= 0.3 is 5.97 Å². The average molecular weight is 290 g/mol. The Morgan fingerprint density at radius 1 is 1.30 bits per heavy atom. The first-order chi connectivity index (χ1) is 9.45. The molecule has 0 saturated heterocycles. The summed E-state index contributed by atoms with van der Waals surface area (Å²) in [7, 11) is 0. The highest BCUT2D eigenvalue weighted by Crippen LogP contribution is 2.23. The molecule has 0 spiro atoms. The van der Waals surface area contributed by atoms with Gasteiger partial charge in [-0.05, 0) is 19.4 Å². The minimum absolute atomic E-state index is 0.424. The number of nitrogens with one attached hydrogen (secondary N) is 1. The van der Waals surface area contributed by atoms with Gasteiger partial charge in [0.25, 0.3) is 5.91 Å². The van der Waals surface area contributed by atoms with Crippen LogP contribution in [0.15, 0.2) is 35.8 Å². The van der Waals surface area contributed by atoms with Crippen molar-refractivity contribution in [2.75, 3.05) is 0 Å². The summed E-state index contributed by atoms with van der Waals surface area (Å²) in [5, 5.41) is 12.1. The Labute approximate surface area is 120 Å². The molecule has 0 aliphatic heterocycles. The van der Waals surface area contributed by atoms with Crippen molar-refractivity contribution in [3.63, 3.8) is 0 Å². The van der Waals surface area contributed by atoms with Crippen LogP contribution in [0.3, 0.4) is 0 Å². The maximum absolute atomic E-state index is 12.2. The minimum Gasteiger partial charge on any atom is -0.479 e. The molecular formula is C14H14N2O3S. The van der Waals surface area contributed by atoms with Crippen molar-refractivity contribution in [1.29, 1.82) is 0 Å². The molecule has 0 bridgehead atoms. The van der Waals surface area contributed by atoms with E-state index in [4.69, 9.17) is 0 Å². The van der Waals surface area contributed by atoms with E-state index in [0.29, 0.717) is 16.1 Å². The number of amides is 1. The highest BCUT2D eigenvalue weighted by molar-refractivity contribution is 7.11. The Bertz CT molecular complexity index is 639. The molecule has 5 nitrogen and oxygen atoms in total. The first-order valence-corrected chi connectivity index (χ1v) is 6.84. The van der Waals surface area contributed by atoms with Gasteiger partial charge in [0, 0.05) is 0 Å². The van der Waals surface area contributed by atoms with Crippen molar-refractivity contribution in [3.05, 3.63) is 52.0 Å². The van der Waals surface area contributed by atoms with E-state index >= 15 is 0 Å². The Balaban J connectivity index is 2.34. The second-order valence-corrected chi connectivity index (χ2v) is 5.37. The molecule has 0 radical (unpaired) electrons. The molecule has 1 heterocycles. The number of hydrogen-bond acceptors (Lipinski definition) is 4. The zero-order valence-corrected chi connectivity index (χ0v) is 11.9. The maximum atomic E-state index is 12.2. The number of carboxylic acid groups (broad SMARTS) is 1. The highest BCUT2D eigenvalue weighted by atomic mass is 32.1. The van der Waals surface area contributed by atoms with Crippen molar-refractivity contribution in [2.45, 2.75) is 19.4 Å². The summed E-state index contributed by atoms with van der Waals surface area (Å²) in [6, 6.07) is 8.62. The number of carbonyl (C=O) groups is 2. The van der Waals surface area contributed by atoms with Crippen LogP contribution < -0.4 is 5.32 Å². The quantitative estimate of drug-likeness (QED) is 0.904. The molecule has 1 amide bonds. The Kier molecular flexibility index (Phi) is 3.85. The van der Waals surface area contributed by atoms with E-state index in [1.54, 1.807) is 42.8 Å². The van der Waals surface area contributed by atoms with Gasteiger partial charge in [0.1, 0.15) is 4.88 Å². The Morgan fingerprint density at radius 2 is 1.95 bits per heavy atom. The van der Waals surface area contributed by atoms with Crippen LogP contribution in [0.1, 0.15) is 27.9 Å². The lowest BCUT2D eigenvalue weighted by atomic mass is 9.92. The monoisotopic (exact) mass is 290 g/mol. The fraction of sp³-hybridized carbons (Fsp3) is 0.214. The third-order valence-electron chi connectivity index (χ3n) is 3.09. The van der Waals surface area contributed by atoms with Crippen LogP contribution in [0.5, 0.6) is 0 Å². The molecule has 6 heteroatoms. The van der Waals surface area contributed by atoms with Gasteiger partial charge in [-0.25, -0.2) is 9.78 Å². The summed E-state index contributed by atoms with van der Waals surface area (Å²) in [6.07, 6.45) is 0. The summed E-state index contributed by atoms with van der Waals surface area (Å²) in [5.41, 5.74) is 1.19. The standard InChI is InChI=1S/C14H14N2O3S/c1-9-11(20-8-15-9)12(17)16-14(2,13(18)19)10-6-4-3-5-7-10/h3-8H,1-2H3,(H,16,17)(H,18,19). The number of nitrogens with zero attached hydrogens (tertiary/aromatic N) is 1. The number of rotatable bonds is 4. The van der Waals surface area contributed by atoms with E-state index in [1.807, 2.05) is 0 Å². The molecule has 1 aromatic heterocycles. The highest BCUT2D eigenvalue weighted by Gasteiger charge is 2.37. The van der Waals surface area contributed by atoms with E-state index in [2.05, 4.69) is 10.3 Å². The summed E-state index contributed by atoms with van der Waals surface area (Å²) in [4.78, 5) is 28.2. The lowest BCUT2D eigenvalue weighted by Crippen LogP contribution is -2.49. The van der Waals surface area contributed by atoms with Crippen LogP contribution >= 0.6 is 11.3 Å². The zero-order chi connectivity index (χ0) is 14.8. The topological polar surface area (TPSA) is 79.3 Å². The van der Waals surface area contributed by atoms with Gasteiger partial charge in [0.05, 0.1) is 11.2 Å². The number of aryl methyl sites for hydroxylation is 1. The van der Waals surface area contributed by atoms with Gasteiger partial charge in [-0.15, -0.1) is 11.3 Å². The second-order valence-electron chi connectivity index (χ2n) is 4.52. The van der Waals surface area contributed by atoms with Gasteiger partial charge < -0.3 is 10.4 Å². The van der Waals surface area contributed by atoms with E-state index < -0.39 is 17.4 Å². The number of carbonyl (C=O) groups excluding carboxylic acids is 1. The third kappa shape index (κ3) is 2.55. The van der Waals surface area contributed by atoms with Crippen LogP contribution in [0.2, 0.25) is 0 Å². The molecule has 0 aliphatic rings. The zero-order valence-electron chi connectivity index (χ0n) is 11.1. The van der Waals surface area contributed by atoms with E-state index in [9.17, 15) is 14.7 Å². The van der Waals surface area contributed by atoms with Crippen molar-refractivity contribution < 1.29 is 14.7 Å². The molecule has 0 fully saturated rings. The lowest BCUT2D eigenvalue weighted by molar-refractivity contribution is -0.144. The molecular weight excluding hydrogens is 276 g/mol. The molecule has 0 aliphatic carbocycles. The fourth-order valence-corrected chi connectivity index (χ4v) is 2.52. The van der Waals surface area contributed by atoms with E-state index in [0.717, 1.165) is 0 Å². The Morgan fingerprint density at radius 3 is 2.45 bits per heavy atom. The van der Waals surface area contributed by atoms with Crippen molar-refractivity contribution in [2.24, 2.45) is 0 Å². The third-order valence-corrected chi connectivity index (χ3v) is 4.02. The lowest BCUT2D eigenvalue weighted by Gasteiger charge is -2.26. The van der Waals surface area contributed by atoms with Gasteiger partial charge in [-0.3, -0.25) is 4.79 Å². The maximum Gasteiger partial charge on any atom is 0.333 e. The molecule has 1 atom stereocenters. The summed E-state index contributed by atoms with van der Waals surface area (Å²) < 4.78 is 0. The summed E-state index contributed by atoms with van der Waals surface area (Å²) >= 11 is 1.19. The molecule has 2 rings (SSSR count).